The minimum absolute atomic E-state index is 0.0506. The summed E-state index contributed by atoms with van der Waals surface area (Å²) in [7, 11) is 0. The lowest BCUT2D eigenvalue weighted by Gasteiger charge is -2.11. The SMILES string of the molecule is CC(=O)c1ccc(OCc2ccccc2CC(=O)O)cc1N. The van der Waals surface area contributed by atoms with E-state index in [2.05, 4.69) is 0 Å². The molecule has 22 heavy (non-hydrogen) atoms. The number of carbonyl (C=O) groups is 2. The van der Waals surface area contributed by atoms with E-state index in [1.807, 2.05) is 12.1 Å². The summed E-state index contributed by atoms with van der Waals surface area (Å²) in [6.07, 6.45) is -0.0506. The number of carboxylic acid groups (broad SMARTS) is 1. The molecule has 0 radical (unpaired) electrons. The lowest BCUT2D eigenvalue weighted by Crippen LogP contribution is -2.06. The van der Waals surface area contributed by atoms with Gasteiger partial charge in [-0.2, -0.15) is 0 Å². The van der Waals surface area contributed by atoms with Crippen molar-refractivity contribution < 1.29 is 19.4 Å². The van der Waals surface area contributed by atoms with E-state index in [-0.39, 0.29) is 18.8 Å². The van der Waals surface area contributed by atoms with Gasteiger partial charge in [0.2, 0.25) is 0 Å². The molecule has 2 rings (SSSR count). The van der Waals surface area contributed by atoms with Gasteiger partial charge in [-0.3, -0.25) is 9.59 Å². The van der Waals surface area contributed by atoms with Crippen molar-refractivity contribution in [3.63, 3.8) is 0 Å². The van der Waals surface area contributed by atoms with Crippen LogP contribution in [0.15, 0.2) is 42.5 Å². The summed E-state index contributed by atoms with van der Waals surface area (Å²) in [5.41, 5.74) is 8.15. The molecule has 0 atom stereocenters. The van der Waals surface area contributed by atoms with Crippen LogP contribution in [-0.2, 0) is 17.8 Å². The minimum Gasteiger partial charge on any atom is -0.489 e. The fraction of sp³-hybridized carbons (Fsp3) is 0.176. The van der Waals surface area contributed by atoms with E-state index in [1.54, 1.807) is 30.3 Å². The number of hydrogen-bond donors (Lipinski definition) is 2. The van der Waals surface area contributed by atoms with Crippen molar-refractivity contribution in [2.45, 2.75) is 20.0 Å². The third-order valence-electron chi connectivity index (χ3n) is 3.26. The van der Waals surface area contributed by atoms with Crippen molar-refractivity contribution in [2.24, 2.45) is 0 Å². The number of Topliss-reactive ketones (excluding diaryl/α,β-unsaturated/α-hetero) is 1. The Morgan fingerprint density at radius 3 is 2.41 bits per heavy atom. The molecule has 0 heterocycles. The lowest BCUT2D eigenvalue weighted by atomic mass is 10.1. The summed E-state index contributed by atoms with van der Waals surface area (Å²) in [5, 5.41) is 8.91. The summed E-state index contributed by atoms with van der Waals surface area (Å²) >= 11 is 0. The van der Waals surface area contributed by atoms with E-state index < -0.39 is 5.97 Å². The van der Waals surface area contributed by atoms with Gasteiger partial charge in [-0.1, -0.05) is 24.3 Å². The van der Waals surface area contributed by atoms with Gasteiger partial charge >= 0.3 is 5.97 Å². The Kier molecular flexibility index (Phi) is 4.78. The summed E-state index contributed by atoms with van der Waals surface area (Å²) in [6, 6.07) is 12.1. The number of nitrogens with two attached hydrogens (primary N) is 1. The maximum absolute atomic E-state index is 11.3. The summed E-state index contributed by atoms with van der Waals surface area (Å²) < 4.78 is 5.65. The van der Waals surface area contributed by atoms with Gasteiger partial charge < -0.3 is 15.6 Å². The number of ether oxygens (including phenoxy) is 1. The Morgan fingerprint density at radius 2 is 1.82 bits per heavy atom. The van der Waals surface area contributed by atoms with Crippen molar-refractivity contribution in [1.29, 1.82) is 0 Å². The Hall–Kier alpha value is -2.82. The molecule has 3 N–H and O–H groups in total. The molecule has 0 saturated heterocycles. The highest BCUT2D eigenvalue weighted by Gasteiger charge is 2.09. The molecular weight excluding hydrogens is 282 g/mol. The average Bonchev–Trinajstić information content (AvgIpc) is 2.45. The Bertz CT molecular complexity index is 710. The molecular formula is C17H17NO4. The van der Waals surface area contributed by atoms with Gasteiger partial charge in [0.1, 0.15) is 12.4 Å². The van der Waals surface area contributed by atoms with Gasteiger partial charge in [0.15, 0.2) is 5.78 Å². The first-order chi connectivity index (χ1) is 10.5. The second-order valence-corrected chi connectivity index (χ2v) is 4.93. The molecule has 5 heteroatoms. The molecule has 0 fully saturated rings. The van der Waals surface area contributed by atoms with E-state index in [4.69, 9.17) is 15.6 Å². The van der Waals surface area contributed by atoms with Crippen LogP contribution < -0.4 is 10.5 Å². The van der Waals surface area contributed by atoms with Crippen LogP contribution in [-0.4, -0.2) is 16.9 Å². The molecule has 0 saturated carbocycles. The number of rotatable bonds is 6. The number of aliphatic carboxylic acids is 1. The number of nitrogen functional groups attached to an aromatic ring is 1. The fourth-order valence-corrected chi connectivity index (χ4v) is 2.15. The third kappa shape index (κ3) is 3.85. The van der Waals surface area contributed by atoms with Crippen molar-refractivity contribution >= 4 is 17.4 Å². The highest BCUT2D eigenvalue weighted by Crippen LogP contribution is 2.22. The van der Waals surface area contributed by atoms with Gasteiger partial charge in [0.05, 0.1) is 6.42 Å². The molecule has 0 amide bonds. The molecule has 0 spiro atoms. The lowest BCUT2D eigenvalue weighted by molar-refractivity contribution is -0.136. The zero-order chi connectivity index (χ0) is 16.1. The minimum atomic E-state index is -0.887. The van der Waals surface area contributed by atoms with Crippen LogP contribution >= 0.6 is 0 Å². The van der Waals surface area contributed by atoms with E-state index >= 15 is 0 Å². The number of carbonyl (C=O) groups excluding carboxylic acids is 1. The molecule has 0 unspecified atom stereocenters. The van der Waals surface area contributed by atoms with Crippen LogP contribution in [0.2, 0.25) is 0 Å². The maximum atomic E-state index is 11.3. The van der Waals surface area contributed by atoms with Crippen molar-refractivity contribution in [1.82, 2.24) is 0 Å². The average molecular weight is 299 g/mol. The normalized spacial score (nSPS) is 10.2. The molecule has 2 aromatic rings. The highest BCUT2D eigenvalue weighted by atomic mass is 16.5. The predicted molar refractivity (Wildman–Crippen MR) is 83.0 cm³/mol. The van der Waals surface area contributed by atoms with E-state index in [9.17, 15) is 9.59 Å². The first-order valence-corrected chi connectivity index (χ1v) is 6.79. The first kappa shape index (κ1) is 15.6. The Labute approximate surface area is 128 Å². The maximum Gasteiger partial charge on any atom is 0.307 e. The third-order valence-corrected chi connectivity index (χ3v) is 3.26. The number of anilines is 1. The molecule has 2 aromatic carbocycles. The van der Waals surface area contributed by atoms with E-state index in [1.165, 1.54) is 6.92 Å². The molecule has 0 aromatic heterocycles. The van der Waals surface area contributed by atoms with Crippen LogP contribution in [0.5, 0.6) is 5.75 Å². The molecule has 0 aliphatic carbocycles. The Morgan fingerprint density at radius 1 is 1.14 bits per heavy atom. The van der Waals surface area contributed by atoms with Gasteiger partial charge in [0, 0.05) is 17.3 Å². The van der Waals surface area contributed by atoms with Crippen molar-refractivity contribution in [2.75, 3.05) is 5.73 Å². The van der Waals surface area contributed by atoms with Crippen LogP contribution in [0.25, 0.3) is 0 Å². The Balaban J connectivity index is 2.12. The second kappa shape index (κ2) is 6.76. The van der Waals surface area contributed by atoms with Gasteiger partial charge in [-0.05, 0) is 30.2 Å². The quantitative estimate of drug-likeness (QED) is 0.632. The van der Waals surface area contributed by atoms with Crippen LogP contribution in [0.3, 0.4) is 0 Å². The number of hydrogen-bond acceptors (Lipinski definition) is 4. The zero-order valence-corrected chi connectivity index (χ0v) is 12.2. The van der Waals surface area contributed by atoms with E-state index in [0.29, 0.717) is 22.6 Å². The number of carboxylic acids is 1. The summed E-state index contributed by atoms with van der Waals surface area (Å²) in [4.78, 5) is 22.2. The molecule has 0 aliphatic rings. The molecule has 114 valence electrons. The zero-order valence-electron chi connectivity index (χ0n) is 12.2. The van der Waals surface area contributed by atoms with Gasteiger partial charge in [-0.15, -0.1) is 0 Å². The second-order valence-electron chi connectivity index (χ2n) is 4.93. The predicted octanol–water partition coefficient (Wildman–Crippen LogP) is 2.68. The number of benzene rings is 2. The van der Waals surface area contributed by atoms with Crippen molar-refractivity contribution in [3.8, 4) is 5.75 Å². The summed E-state index contributed by atoms with van der Waals surface area (Å²) in [5.74, 6) is -0.453. The fourth-order valence-electron chi connectivity index (χ4n) is 2.15. The first-order valence-electron chi connectivity index (χ1n) is 6.79. The standard InChI is InChI=1S/C17H17NO4/c1-11(19)15-7-6-14(9-16(15)18)22-10-13-5-3-2-4-12(13)8-17(20)21/h2-7,9H,8,10,18H2,1H3,(H,20,21). The monoisotopic (exact) mass is 299 g/mol. The van der Waals surface area contributed by atoms with Gasteiger partial charge in [0.25, 0.3) is 0 Å². The highest BCUT2D eigenvalue weighted by molar-refractivity contribution is 5.99. The smallest absolute Gasteiger partial charge is 0.307 e. The molecule has 5 nitrogen and oxygen atoms in total. The van der Waals surface area contributed by atoms with Gasteiger partial charge in [-0.25, -0.2) is 0 Å². The largest absolute Gasteiger partial charge is 0.489 e. The summed E-state index contributed by atoms with van der Waals surface area (Å²) in [6.45, 7) is 1.69. The topological polar surface area (TPSA) is 89.6 Å². The number of ketones is 1. The molecule has 0 bridgehead atoms. The van der Waals surface area contributed by atoms with Crippen LogP contribution in [0, 0.1) is 0 Å². The van der Waals surface area contributed by atoms with Crippen LogP contribution in [0.4, 0.5) is 5.69 Å². The van der Waals surface area contributed by atoms with E-state index in [0.717, 1.165) is 5.56 Å². The van der Waals surface area contributed by atoms with Crippen LogP contribution in [0.1, 0.15) is 28.4 Å². The molecule has 0 aliphatic heterocycles. The van der Waals surface area contributed by atoms with Crippen molar-refractivity contribution in [3.05, 3.63) is 59.2 Å².